The molecule has 11 heteroatoms. The van der Waals surface area contributed by atoms with Crippen LogP contribution in [0.3, 0.4) is 0 Å². The lowest BCUT2D eigenvalue weighted by atomic mass is 9.97. The number of carbonyl (C=O) groups excluding carboxylic acids is 1. The van der Waals surface area contributed by atoms with Gasteiger partial charge in [0.25, 0.3) is 5.91 Å². The van der Waals surface area contributed by atoms with E-state index in [0.717, 1.165) is 22.7 Å². The highest BCUT2D eigenvalue weighted by molar-refractivity contribution is 7.22. The fraction of sp³-hybridized carbons (Fsp3) is 0.286. The van der Waals surface area contributed by atoms with Gasteiger partial charge in [-0.3, -0.25) is 15.1 Å². The third-order valence-corrected chi connectivity index (χ3v) is 13.6. The quantitative estimate of drug-likeness (QED) is 0.118. The minimum atomic E-state index is -1.80. The normalized spacial score (nSPS) is 11.7. The van der Waals surface area contributed by atoms with Gasteiger partial charge in [0.05, 0.1) is 36.6 Å². The number of thiazole rings is 1. The topological polar surface area (TPSA) is 119 Å². The van der Waals surface area contributed by atoms with Gasteiger partial charge in [0.15, 0.2) is 13.4 Å². The van der Waals surface area contributed by atoms with Gasteiger partial charge in [0, 0.05) is 28.6 Å². The average molecular weight is 652 g/mol. The number of hydrogen-bond donors (Lipinski definition) is 1. The molecule has 0 aliphatic carbocycles. The second-order valence-electron chi connectivity index (χ2n) is 12.4. The van der Waals surface area contributed by atoms with Crippen molar-refractivity contribution < 1.29 is 18.7 Å². The van der Waals surface area contributed by atoms with Crippen LogP contribution < -0.4 is 14.8 Å². The summed E-state index contributed by atoms with van der Waals surface area (Å²) in [4.78, 5) is 28.0. The Kier molecular flexibility index (Phi) is 9.53. The van der Waals surface area contributed by atoms with Crippen LogP contribution in [-0.4, -0.2) is 49.5 Å². The molecule has 0 radical (unpaired) electrons. The summed E-state index contributed by atoms with van der Waals surface area (Å²) in [6, 6.07) is 20.7. The van der Waals surface area contributed by atoms with Crippen molar-refractivity contribution in [3.8, 4) is 40.0 Å². The minimum Gasteiger partial charge on any atom is -0.496 e. The van der Waals surface area contributed by atoms with Gasteiger partial charge in [-0.1, -0.05) is 32.1 Å². The van der Waals surface area contributed by atoms with Gasteiger partial charge >= 0.3 is 0 Å². The summed E-state index contributed by atoms with van der Waals surface area (Å²) >= 11 is 1.29. The van der Waals surface area contributed by atoms with Gasteiger partial charge < -0.3 is 13.9 Å². The van der Waals surface area contributed by atoms with Crippen molar-refractivity contribution in [1.82, 2.24) is 15.0 Å². The Labute approximate surface area is 274 Å². The van der Waals surface area contributed by atoms with E-state index in [4.69, 9.17) is 18.9 Å². The average Bonchev–Trinajstić information content (AvgIpc) is 3.44. The first kappa shape index (κ1) is 32.8. The summed E-state index contributed by atoms with van der Waals surface area (Å²) < 4.78 is 17.7. The molecule has 3 aromatic heterocycles. The van der Waals surface area contributed by atoms with Crippen LogP contribution in [0.25, 0.3) is 32.7 Å². The molecule has 2 aromatic carbocycles. The number of methoxy groups -OCH3 is 1. The maximum absolute atomic E-state index is 13.5. The standard InChI is InChI=1S/C35H37N5O4SSi/c1-22-18-26(27-19-23(20-36)8-15-31(27)42-5)28(21-37-22)32(41)40-34-39-30-14-13-29(38-33(30)45-34)24-9-11-25(12-10-24)43-16-17-44-46(6,7)35(2,3)4/h8-15,18-19,21H,16-17H2,1-7H3,(H,39,40,41). The molecular formula is C35H37N5O4SSi. The fourth-order valence-corrected chi connectivity index (χ4v) is 6.40. The Balaban J connectivity index is 1.29. The highest BCUT2D eigenvalue weighted by Crippen LogP contribution is 2.37. The van der Waals surface area contributed by atoms with Crippen LogP contribution >= 0.6 is 11.3 Å². The zero-order valence-corrected chi connectivity index (χ0v) is 28.9. The molecule has 1 amide bonds. The number of ether oxygens (including phenoxy) is 2. The molecule has 0 spiro atoms. The lowest BCUT2D eigenvalue weighted by Gasteiger charge is -2.36. The van der Waals surface area contributed by atoms with Gasteiger partial charge in [0.1, 0.15) is 28.5 Å². The number of amides is 1. The molecule has 0 saturated heterocycles. The maximum atomic E-state index is 13.5. The van der Waals surface area contributed by atoms with Gasteiger partial charge in [-0.05, 0) is 85.7 Å². The predicted molar refractivity (Wildman–Crippen MR) is 185 cm³/mol. The lowest BCUT2D eigenvalue weighted by molar-refractivity contribution is 0.102. The first-order chi connectivity index (χ1) is 21.9. The number of nitrogens with zero attached hydrogens (tertiary/aromatic N) is 4. The second-order valence-corrected chi connectivity index (χ2v) is 18.2. The third-order valence-electron chi connectivity index (χ3n) is 8.15. The molecule has 0 aliphatic rings. The van der Waals surface area contributed by atoms with Crippen LogP contribution in [0.2, 0.25) is 18.1 Å². The fourth-order valence-electron chi connectivity index (χ4n) is 4.54. The number of hydrogen-bond acceptors (Lipinski definition) is 9. The van der Waals surface area contributed by atoms with Crippen LogP contribution in [0, 0.1) is 18.3 Å². The predicted octanol–water partition coefficient (Wildman–Crippen LogP) is 8.26. The third kappa shape index (κ3) is 7.26. The van der Waals surface area contributed by atoms with E-state index in [1.54, 1.807) is 31.4 Å². The molecule has 236 valence electrons. The molecule has 3 heterocycles. The van der Waals surface area contributed by atoms with E-state index in [0.29, 0.717) is 56.7 Å². The molecule has 0 atom stereocenters. The van der Waals surface area contributed by atoms with E-state index in [1.165, 1.54) is 17.5 Å². The summed E-state index contributed by atoms with van der Waals surface area (Å²) in [7, 11) is -0.250. The maximum Gasteiger partial charge on any atom is 0.259 e. The zero-order chi connectivity index (χ0) is 33.1. The Morgan fingerprint density at radius 2 is 1.76 bits per heavy atom. The van der Waals surface area contributed by atoms with Crippen LogP contribution in [-0.2, 0) is 4.43 Å². The van der Waals surface area contributed by atoms with Crippen LogP contribution in [0.5, 0.6) is 11.5 Å². The van der Waals surface area contributed by atoms with E-state index in [1.807, 2.05) is 43.3 Å². The number of fused-ring (bicyclic) bond motifs is 1. The van der Waals surface area contributed by atoms with E-state index < -0.39 is 8.32 Å². The Morgan fingerprint density at radius 1 is 1.00 bits per heavy atom. The number of aromatic nitrogens is 3. The molecular weight excluding hydrogens is 615 g/mol. The highest BCUT2D eigenvalue weighted by atomic mass is 32.1. The number of anilines is 1. The van der Waals surface area contributed by atoms with E-state index in [9.17, 15) is 10.1 Å². The Morgan fingerprint density at radius 3 is 2.46 bits per heavy atom. The lowest BCUT2D eigenvalue weighted by Crippen LogP contribution is -2.41. The SMILES string of the molecule is COc1ccc(C#N)cc1-c1cc(C)ncc1C(=O)Nc1nc2ccc(-c3ccc(OCCO[Si](C)(C)C(C)(C)C)cc3)nc2s1. The summed E-state index contributed by atoms with van der Waals surface area (Å²) in [5, 5.41) is 12.9. The number of rotatable bonds is 10. The second kappa shape index (κ2) is 13.4. The van der Waals surface area contributed by atoms with Crippen molar-refractivity contribution >= 4 is 41.0 Å². The number of nitriles is 1. The summed E-state index contributed by atoms with van der Waals surface area (Å²) in [5.41, 5.74) is 5.16. The zero-order valence-electron chi connectivity index (χ0n) is 27.1. The van der Waals surface area contributed by atoms with Crippen molar-refractivity contribution in [2.24, 2.45) is 0 Å². The van der Waals surface area contributed by atoms with Gasteiger partial charge in [0.2, 0.25) is 0 Å². The number of benzene rings is 2. The molecule has 1 N–H and O–H groups in total. The summed E-state index contributed by atoms with van der Waals surface area (Å²) in [6.07, 6.45) is 1.52. The molecule has 46 heavy (non-hydrogen) atoms. The Hall–Kier alpha value is -4.63. The number of aryl methyl sites for hydroxylation is 1. The van der Waals surface area contributed by atoms with Gasteiger partial charge in [-0.15, -0.1) is 0 Å². The molecule has 5 rings (SSSR count). The van der Waals surface area contributed by atoms with Crippen molar-refractivity contribution in [2.75, 3.05) is 25.6 Å². The molecule has 0 fully saturated rings. The minimum absolute atomic E-state index is 0.163. The molecule has 0 saturated carbocycles. The largest absolute Gasteiger partial charge is 0.496 e. The van der Waals surface area contributed by atoms with E-state index in [2.05, 4.69) is 55.2 Å². The van der Waals surface area contributed by atoms with Crippen LogP contribution in [0.15, 0.2) is 66.9 Å². The molecule has 0 aliphatic heterocycles. The van der Waals surface area contributed by atoms with Crippen LogP contribution in [0.1, 0.15) is 42.4 Å². The van der Waals surface area contributed by atoms with E-state index in [-0.39, 0.29) is 10.9 Å². The first-order valence-corrected chi connectivity index (χ1v) is 18.6. The molecule has 5 aromatic rings. The first-order valence-electron chi connectivity index (χ1n) is 14.9. The summed E-state index contributed by atoms with van der Waals surface area (Å²) in [6.45, 7) is 14.0. The van der Waals surface area contributed by atoms with Crippen molar-refractivity contribution in [3.63, 3.8) is 0 Å². The molecule has 0 unspecified atom stereocenters. The van der Waals surface area contributed by atoms with Crippen molar-refractivity contribution in [2.45, 2.75) is 45.8 Å². The molecule has 9 nitrogen and oxygen atoms in total. The van der Waals surface area contributed by atoms with Crippen LogP contribution in [0.4, 0.5) is 5.13 Å². The number of pyridine rings is 2. The smallest absolute Gasteiger partial charge is 0.259 e. The van der Waals surface area contributed by atoms with E-state index >= 15 is 0 Å². The monoisotopic (exact) mass is 651 g/mol. The van der Waals surface area contributed by atoms with Crippen molar-refractivity contribution in [1.29, 1.82) is 5.26 Å². The number of nitrogens with one attached hydrogen (secondary N) is 1. The number of carbonyl (C=O) groups is 1. The molecule has 0 bridgehead atoms. The van der Waals surface area contributed by atoms with Gasteiger partial charge in [-0.25, -0.2) is 9.97 Å². The highest BCUT2D eigenvalue weighted by Gasteiger charge is 2.36. The summed E-state index contributed by atoms with van der Waals surface area (Å²) in [5.74, 6) is 0.940. The Bertz CT molecular complexity index is 1930. The van der Waals surface area contributed by atoms with Crippen molar-refractivity contribution in [3.05, 3.63) is 83.7 Å². The van der Waals surface area contributed by atoms with Gasteiger partial charge in [-0.2, -0.15) is 5.26 Å².